The Kier molecular flexibility index (Phi) is 5.04. The largest absolute Gasteiger partial charge is 0.497 e. The zero-order chi connectivity index (χ0) is 14.4. The molecule has 4 nitrogen and oxygen atoms in total. The summed E-state index contributed by atoms with van der Waals surface area (Å²) in [6, 6.07) is 5.83. The van der Waals surface area contributed by atoms with Crippen LogP contribution in [0, 0.1) is 0 Å². The highest BCUT2D eigenvalue weighted by molar-refractivity contribution is 5.92. The molecule has 1 amide bonds. The van der Waals surface area contributed by atoms with Crippen LogP contribution in [-0.4, -0.2) is 26.2 Å². The van der Waals surface area contributed by atoms with Crippen molar-refractivity contribution in [1.82, 2.24) is 5.32 Å². The summed E-state index contributed by atoms with van der Waals surface area (Å²) in [6.45, 7) is 0. The first kappa shape index (κ1) is 14.4. The Hall–Kier alpha value is -1.97. The van der Waals surface area contributed by atoms with Crippen LogP contribution in [0.2, 0.25) is 0 Å². The number of amides is 1. The average Bonchev–Trinajstić information content (AvgIpc) is 2.97. The molecule has 1 aliphatic rings. The van der Waals surface area contributed by atoms with E-state index >= 15 is 0 Å². The maximum Gasteiger partial charge on any atom is 0.244 e. The van der Waals surface area contributed by atoms with Gasteiger partial charge in [-0.2, -0.15) is 0 Å². The Balaban J connectivity index is 2.03. The standard InChI is InChI=1S/C16H21NO3/c1-19-14-8-9-15(20-2)12(11-14)7-10-16(18)17-13-5-3-4-6-13/h7-11,13H,3-6H2,1-2H3,(H,17,18)/b10-7+. The van der Waals surface area contributed by atoms with Crippen molar-refractivity contribution in [2.45, 2.75) is 31.7 Å². The van der Waals surface area contributed by atoms with Crippen molar-refractivity contribution >= 4 is 12.0 Å². The Morgan fingerprint density at radius 2 is 2.00 bits per heavy atom. The van der Waals surface area contributed by atoms with E-state index in [1.54, 1.807) is 26.4 Å². The van der Waals surface area contributed by atoms with Gasteiger partial charge in [-0.1, -0.05) is 12.8 Å². The third-order valence-corrected chi connectivity index (χ3v) is 3.55. The second kappa shape index (κ2) is 6.98. The minimum atomic E-state index is -0.0539. The first-order valence-electron chi connectivity index (χ1n) is 6.93. The van der Waals surface area contributed by atoms with Crippen molar-refractivity contribution in [3.63, 3.8) is 0 Å². The Morgan fingerprint density at radius 1 is 1.25 bits per heavy atom. The fourth-order valence-electron chi connectivity index (χ4n) is 2.45. The molecule has 1 fully saturated rings. The van der Waals surface area contributed by atoms with Crippen LogP contribution in [0.15, 0.2) is 24.3 Å². The van der Waals surface area contributed by atoms with Gasteiger partial charge >= 0.3 is 0 Å². The zero-order valence-electron chi connectivity index (χ0n) is 12.0. The van der Waals surface area contributed by atoms with Crippen LogP contribution < -0.4 is 14.8 Å². The highest BCUT2D eigenvalue weighted by Crippen LogP contribution is 2.25. The molecule has 0 bridgehead atoms. The molecule has 1 N–H and O–H groups in total. The van der Waals surface area contributed by atoms with Crippen molar-refractivity contribution in [3.8, 4) is 11.5 Å². The molecule has 0 atom stereocenters. The predicted molar refractivity (Wildman–Crippen MR) is 79.0 cm³/mol. The molecule has 1 saturated carbocycles. The minimum Gasteiger partial charge on any atom is -0.497 e. The molecule has 0 unspecified atom stereocenters. The summed E-state index contributed by atoms with van der Waals surface area (Å²) in [5.74, 6) is 1.40. The fourth-order valence-corrected chi connectivity index (χ4v) is 2.45. The molecule has 20 heavy (non-hydrogen) atoms. The first-order chi connectivity index (χ1) is 9.72. The van der Waals surface area contributed by atoms with Gasteiger partial charge in [-0.3, -0.25) is 4.79 Å². The van der Waals surface area contributed by atoms with Gasteiger partial charge in [0.15, 0.2) is 0 Å². The van der Waals surface area contributed by atoms with E-state index in [0.717, 1.165) is 29.9 Å². The highest BCUT2D eigenvalue weighted by Gasteiger charge is 2.15. The number of nitrogens with one attached hydrogen (secondary N) is 1. The first-order valence-corrected chi connectivity index (χ1v) is 6.93. The summed E-state index contributed by atoms with van der Waals surface area (Å²) in [6.07, 6.45) is 7.89. The van der Waals surface area contributed by atoms with Crippen LogP contribution in [-0.2, 0) is 4.79 Å². The van der Waals surface area contributed by atoms with Gasteiger partial charge in [0.05, 0.1) is 14.2 Å². The number of benzene rings is 1. The number of ether oxygens (including phenoxy) is 2. The topological polar surface area (TPSA) is 47.6 Å². The molecule has 0 saturated heterocycles. The Labute approximate surface area is 119 Å². The summed E-state index contributed by atoms with van der Waals surface area (Å²) in [5, 5.41) is 3.02. The summed E-state index contributed by atoms with van der Waals surface area (Å²) >= 11 is 0. The Morgan fingerprint density at radius 3 is 2.65 bits per heavy atom. The lowest BCUT2D eigenvalue weighted by Gasteiger charge is -2.10. The SMILES string of the molecule is COc1ccc(OC)c(/C=C/C(=O)NC2CCCC2)c1. The van der Waals surface area contributed by atoms with Gasteiger partial charge in [0.1, 0.15) is 11.5 Å². The van der Waals surface area contributed by atoms with Gasteiger partial charge < -0.3 is 14.8 Å². The van der Waals surface area contributed by atoms with Crippen LogP contribution in [0.5, 0.6) is 11.5 Å². The summed E-state index contributed by atoms with van der Waals surface area (Å²) in [5.41, 5.74) is 0.827. The van der Waals surface area contributed by atoms with Crippen molar-refractivity contribution in [2.24, 2.45) is 0 Å². The predicted octanol–water partition coefficient (Wildman–Crippen LogP) is 2.78. The molecule has 4 heteroatoms. The highest BCUT2D eigenvalue weighted by atomic mass is 16.5. The molecule has 0 spiro atoms. The molecule has 0 aliphatic heterocycles. The smallest absolute Gasteiger partial charge is 0.244 e. The minimum absolute atomic E-state index is 0.0539. The van der Waals surface area contributed by atoms with Crippen molar-refractivity contribution in [3.05, 3.63) is 29.8 Å². The van der Waals surface area contributed by atoms with E-state index in [1.807, 2.05) is 18.2 Å². The lowest BCUT2D eigenvalue weighted by molar-refractivity contribution is -0.117. The van der Waals surface area contributed by atoms with E-state index in [0.29, 0.717) is 6.04 Å². The molecule has 1 aromatic rings. The average molecular weight is 275 g/mol. The maximum absolute atomic E-state index is 11.9. The molecular weight excluding hydrogens is 254 g/mol. The molecule has 0 radical (unpaired) electrons. The molecule has 0 heterocycles. The number of hydrogen-bond donors (Lipinski definition) is 1. The molecule has 2 rings (SSSR count). The third kappa shape index (κ3) is 3.76. The number of hydrogen-bond acceptors (Lipinski definition) is 3. The number of methoxy groups -OCH3 is 2. The van der Waals surface area contributed by atoms with Crippen molar-refractivity contribution in [1.29, 1.82) is 0 Å². The molecule has 1 aliphatic carbocycles. The van der Waals surface area contributed by atoms with Gasteiger partial charge in [-0.05, 0) is 37.1 Å². The van der Waals surface area contributed by atoms with E-state index in [1.165, 1.54) is 12.8 Å². The molecule has 108 valence electrons. The quantitative estimate of drug-likeness (QED) is 0.841. The summed E-state index contributed by atoms with van der Waals surface area (Å²) < 4.78 is 10.5. The van der Waals surface area contributed by atoms with Gasteiger partial charge in [0.25, 0.3) is 0 Å². The number of carbonyl (C=O) groups excluding carboxylic acids is 1. The van der Waals surface area contributed by atoms with Crippen LogP contribution >= 0.6 is 0 Å². The maximum atomic E-state index is 11.9. The zero-order valence-corrected chi connectivity index (χ0v) is 12.0. The molecule has 1 aromatic carbocycles. The van der Waals surface area contributed by atoms with E-state index in [4.69, 9.17) is 9.47 Å². The Bertz CT molecular complexity index is 490. The van der Waals surface area contributed by atoms with E-state index in [2.05, 4.69) is 5.32 Å². The number of carbonyl (C=O) groups is 1. The molecule has 0 aromatic heterocycles. The monoisotopic (exact) mass is 275 g/mol. The lowest BCUT2D eigenvalue weighted by Crippen LogP contribution is -2.30. The summed E-state index contributed by atoms with van der Waals surface area (Å²) in [7, 11) is 3.22. The van der Waals surface area contributed by atoms with Gasteiger partial charge in [-0.15, -0.1) is 0 Å². The van der Waals surface area contributed by atoms with E-state index in [-0.39, 0.29) is 5.91 Å². The van der Waals surface area contributed by atoms with Crippen molar-refractivity contribution < 1.29 is 14.3 Å². The van der Waals surface area contributed by atoms with Crippen LogP contribution in [0.1, 0.15) is 31.2 Å². The lowest BCUT2D eigenvalue weighted by atomic mass is 10.1. The van der Waals surface area contributed by atoms with Crippen LogP contribution in [0.4, 0.5) is 0 Å². The van der Waals surface area contributed by atoms with Gasteiger partial charge in [-0.25, -0.2) is 0 Å². The van der Waals surface area contributed by atoms with Crippen molar-refractivity contribution in [2.75, 3.05) is 14.2 Å². The van der Waals surface area contributed by atoms with Crippen LogP contribution in [0.3, 0.4) is 0 Å². The second-order valence-corrected chi connectivity index (χ2v) is 4.93. The second-order valence-electron chi connectivity index (χ2n) is 4.93. The molecular formula is C16H21NO3. The fraction of sp³-hybridized carbons (Fsp3) is 0.438. The van der Waals surface area contributed by atoms with Crippen LogP contribution in [0.25, 0.3) is 6.08 Å². The number of rotatable bonds is 5. The van der Waals surface area contributed by atoms with E-state index in [9.17, 15) is 4.79 Å². The summed E-state index contributed by atoms with van der Waals surface area (Å²) in [4.78, 5) is 11.9. The van der Waals surface area contributed by atoms with Gasteiger partial charge in [0, 0.05) is 17.7 Å². The third-order valence-electron chi connectivity index (χ3n) is 3.55. The van der Waals surface area contributed by atoms with Gasteiger partial charge in [0.2, 0.25) is 5.91 Å². The van der Waals surface area contributed by atoms with E-state index < -0.39 is 0 Å². The normalized spacial score (nSPS) is 15.5.